The molecule has 36 heavy (non-hydrogen) atoms. The lowest BCUT2D eigenvalue weighted by atomic mass is 9.78. The van der Waals surface area contributed by atoms with Gasteiger partial charge in [0.25, 0.3) is 0 Å². The van der Waals surface area contributed by atoms with Gasteiger partial charge in [-0.25, -0.2) is 0 Å². The largest absolute Gasteiger partial charge is 0.472 e. The SMILES string of the molecule is CC1=CO[C@H](O)[C@H]2[C@H](C)C(C3=C(C)[C@H]4CC(C5=C(C)[C@H]6CC[C@H](C)[C@H]6[C@H](O)O5)[C@H](C)[C@H]4C(=O)O3)C[C@@H]12. The minimum atomic E-state index is -0.811. The van der Waals surface area contributed by atoms with Gasteiger partial charge in [0.1, 0.15) is 11.5 Å². The number of fused-ring (bicyclic) bond motifs is 3. The Bertz CT molecular complexity index is 1040. The van der Waals surface area contributed by atoms with Crippen molar-refractivity contribution in [2.45, 2.75) is 79.8 Å². The van der Waals surface area contributed by atoms with Crippen molar-refractivity contribution in [3.05, 3.63) is 34.5 Å². The van der Waals surface area contributed by atoms with E-state index in [-0.39, 0.29) is 59.2 Å². The Hall–Kier alpha value is -1.79. The minimum Gasteiger partial charge on any atom is -0.472 e. The van der Waals surface area contributed by atoms with E-state index in [9.17, 15) is 15.0 Å². The van der Waals surface area contributed by atoms with E-state index in [1.807, 2.05) is 0 Å². The number of hydrogen-bond donors (Lipinski definition) is 2. The monoisotopic (exact) mass is 498 g/mol. The summed E-state index contributed by atoms with van der Waals surface area (Å²) in [5, 5.41) is 21.5. The smallest absolute Gasteiger partial charge is 0.314 e. The van der Waals surface area contributed by atoms with Crippen LogP contribution in [0.3, 0.4) is 0 Å². The molecule has 3 aliphatic heterocycles. The average Bonchev–Trinajstić information content (AvgIpc) is 3.50. The molecule has 13 atom stereocenters. The number of aliphatic hydroxyl groups excluding tert-OH is 2. The molecule has 0 spiro atoms. The molecule has 3 saturated carbocycles. The van der Waals surface area contributed by atoms with Gasteiger partial charge < -0.3 is 24.4 Å². The van der Waals surface area contributed by atoms with Crippen LogP contribution in [0.5, 0.6) is 0 Å². The van der Waals surface area contributed by atoms with Crippen LogP contribution in [-0.4, -0.2) is 28.8 Å². The van der Waals surface area contributed by atoms with E-state index in [0.717, 1.165) is 42.8 Å². The summed E-state index contributed by atoms with van der Waals surface area (Å²) in [5.41, 5.74) is 3.62. The summed E-state index contributed by atoms with van der Waals surface area (Å²) in [6, 6.07) is 0. The first-order chi connectivity index (χ1) is 17.1. The maximum atomic E-state index is 13.5. The maximum Gasteiger partial charge on any atom is 0.314 e. The Morgan fingerprint density at radius 2 is 1.44 bits per heavy atom. The van der Waals surface area contributed by atoms with E-state index in [4.69, 9.17) is 14.2 Å². The molecule has 6 aliphatic rings. The highest BCUT2D eigenvalue weighted by atomic mass is 16.6. The highest BCUT2D eigenvalue weighted by Crippen LogP contribution is 2.58. The van der Waals surface area contributed by atoms with Gasteiger partial charge in [0.2, 0.25) is 6.29 Å². The molecule has 198 valence electrons. The number of ether oxygens (including phenoxy) is 3. The van der Waals surface area contributed by atoms with Crippen LogP contribution in [0.15, 0.2) is 34.5 Å². The number of cyclic esters (lactones) is 1. The van der Waals surface area contributed by atoms with Gasteiger partial charge in [-0.3, -0.25) is 4.79 Å². The average molecular weight is 499 g/mol. The van der Waals surface area contributed by atoms with Crippen LogP contribution >= 0.6 is 0 Å². The lowest BCUT2D eigenvalue weighted by molar-refractivity contribution is -0.151. The van der Waals surface area contributed by atoms with Crippen molar-refractivity contribution < 1.29 is 29.2 Å². The first kappa shape index (κ1) is 24.5. The molecule has 2 N–H and O–H groups in total. The molecule has 0 bridgehead atoms. The third kappa shape index (κ3) is 3.39. The van der Waals surface area contributed by atoms with E-state index in [2.05, 4.69) is 41.5 Å². The summed E-state index contributed by atoms with van der Waals surface area (Å²) in [6.45, 7) is 12.9. The van der Waals surface area contributed by atoms with Crippen LogP contribution in [0.4, 0.5) is 0 Å². The van der Waals surface area contributed by atoms with Gasteiger partial charge in [0.05, 0.1) is 12.2 Å². The van der Waals surface area contributed by atoms with Crippen molar-refractivity contribution in [2.24, 2.45) is 65.1 Å². The van der Waals surface area contributed by atoms with E-state index in [1.165, 1.54) is 11.1 Å². The van der Waals surface area contributed by atoms with Gasteiger partial charge in [0.15, 0.2) is 6.29 Å². The Morgan fingerprint density at radius 1 is 0.778 bits per heavy atom. The molecular weight excluding hydrogens is 456 g/mol. The summed E-state index contributed by atoms with van der Waals surface area (Å²) < 4.78 is 17.9. The van der Waals surface area contributed by atoms with Crippen LogP contribution in [0.2, 0.25) is 0 Å². The summed E-state index contributed by atoms with van der Waals surface area (Å²) in [6.07, 6.45) is 4.07. The number of carbonyl (C=O) groups excluding carboxylic acids is 1. The second-order valence-electron chi connectivity index (χ2n) is 12.9. The topological polar surface area (TPSA) is 85.2 Å². The molecule has 0 aromatic heterocycles. The molecule has 3 fully saturated rings. The Kier molecular flexibility index (Phi) is 5.88. The zero-order valence-electron chi connectivity index (χ0n) is 22.4. The summed E-state index contributed by atoms with van der Waals surface area (Å²) in [4.78, 5) is 13.5. The molecule has 0 aromatic carbocycles. The molecule has 6 heteroatoms. The standard InChI is InChI=1S/C30H42O6/c1-12-7-8-18-16(5)26(35-29(32)23(12)18)22-10-20-17(6)27(36-30(33)25(20)15(22)4)21-9-19-13(2)11-34-28(31)24(19)14(21)3/h11-12,14-15,18-25,28-29,31-32H,7-10H2,1-6H3/t12-,14+,15-,18+,19-,20+,21?,22?,23+,24-,25+,28-,29+/m0/s1. The van der Waals surface area contributed by atoms with Gasteiger partial charge in [0, 0.05) is 23.7 Å². The van der Waals surface area contributed by atoms with Gasteiger partial charge in [-0.05, 0) is 98.7 Å². The van der Waals surface area contributed by atoms with Crippen molar-refractivity contribution in [1.29, 1.82) is 0 Å². The van der Waals surface area contributed by atoms with Crippen molar-refractivity contribution in [1.82, 2.24) is 0 Å². The van der Waals surface area contributed by atoms with Crippen LogP contribution < -0.4 is 0 Å². The number of carbonyl (C=O) groups is 1. The number of aliphatic hydroxyl groups is 2. The van der Waals surface area contributed by atoms with E-state index in [1.54, 1.807) is 6.26 Å². The molecule has 0 aromatic rings. The fourth-order valence-electron chi connectivity index (χ4n) is 9.23. The van der Waals surface area contributed by atoms with E-state index < -0.39 is 12.6 Å². The fraction of sp³-hybridized carbons (Fsp3) is 0.767. The van der Waals surface area contributed by atoms with Gasteiger partial charge in [-0.1, -0.05) is 20.8 Å². The molecule has 0 radical (unpaired) electrons. The highest BCUT2D eigenvalue weighted by molar-refractivity contribution is 5.77. The second-order valence-corrected chi connectivity index (χ2v) is 12.9. The van der Waals surface area contributed by atoms with E-state index in [0.29, 0.717) is 11.8 Å². The predicted octanol–water partition coefficient (Wildman–Crippen LogP) is 5.13. The third-order valence-electron chi connectivity index (χ3n) is 11.3. The molecule has 0 amide bonds. The fourth-order valence-corrected chi connectivity index (χ4v) is 9.23. The first-order valence-corrected chi connectivity index (χ1v) is 14.1. The van der Waals surface area contributed by atoms with Gasteiger partial charge >= 0.3 is 5.97 Å². The third-order valence-corrected chi connectivity index (χ3v) is 11.3. The Morgan fingerprint density at radius 3 is 2.17 bits per heavy atom. The maximum absolute atomic E-state index is 13.5. The summed E-state index contributed by atoms with van der Waals surface area (Å²) in [7, 11) is 0. The molecular formula is C30H42O6. The normalized spacial score (nSPS) is 50.2. The predicted molar refractivity (Wildman–Crippen MR) is 133 cm³/mol. The quantitative estimate of drug-likeness (QED) is 0.514. The van der Waals surface area contributed by atoms with Crippen molar-refractivity contribution in [3.8, 4) is 0 Å². The second kappa shape index (κ2) is 8.62. The van der Waals surface area contributed by atoms with E-state index >= 15 is 0 Å². The summed E-state index contributed by atoms with van der Waals surface area (Å²) >= 11 is 0. The molecule has 3 aliphatic carbocycles. The molecule has 6 nitrogen and oxygen atoms in total. The lowest BCUT2D eigenvalue weighted by Gasteiger charge is -2.38. The highest BCUT2D eigenvalue weighted by Gasteiger charge is 2.56. The number of rotatable bonds is 2. The molecule has 2 unspecified atom stereocenters. The lowest BCUT2D eigenvalue weighted by Crippen LogP contribution is -2.38. The van der Waals surface area contributed by atoms with Crippen LogP contribution in [-0.2, 0) is 19.0 Å². The minimum absolute atomic E-state index is 0.0126. The summed E-state index contributed by atoms with van der Waals surface area (Å²) in [5.74, 6) is 3.29. The van der Waals surface area contributed by atoms with Crippen molar-refractivity contribution in [2.75, 3.05) is 0 Å². The zero-order chi connectivity index (χ0) is 25.6. The van der Waals surface area contributed by atoms with Crippen LogP contribution in [0.25, 0.3) is 0 Å². The number of esters is 1. The Labute approximate surface area is 214 Å². The Balaban J connectivity index is 1.30. The first-order valence-electron chi connectivity index (χ1n) is 14.1. The molecule has 0 saturated heterocycles. The molecule has 3 heterocycles. The number of allylic oxidation sites excluding steroid dienone is 5. The van der Waals surface area contributed by atoms with Crippen LogP contribution in [0, 0.1) is 65.1 Å². The van der Waals surface area contributed by atoms with Gasteiger partial charge in [-0.2, -0.15) is 0 Å². The van der Waals surface area contributed by atoms with Crippen molar-refractivity contribution >= 4 is 5.97 Å². The van der Waals surface area contributed by atoms with Crippen molar-refractivity contribution in [3.63, 3.8) is 0 Å². The van der Waals surface area contributed by atoms with Crippen LogP contribution in [0.1, 0.15) is 67.2 Å². The van der Waals surface area contributed by atoms with Gasteiger partial charge in [-0.15, -0.1) is 0 Å². The molecule has 6 rings (SSSR count). The number of hydrogen-bond acceptors (Lipinski definition) is 6. The zero-order valence-corrected chi connectivity index (χ0v) is 22.4.